The molecule has 33 heavy (non-hydrogen) atoms. The van der Waals surface area contributed by atoms with Gasteiger partial charge in [0.15, 0.2) is 5.67 Å². The van der Waals surface area contributed by atoms with Crippen LogP contribution in [0.3, 0.4) is 0 Å². The van der Waals surface area contributed by atoms with Crippen molar-refractivity contribution in [3.05, 3.63) is 30.1 Å². The molecular formula is C24H36F3N5O. The Morgan fingerprint density at radius 1 is 1.06 bits per heavy atom. The lowest BCUT2D eigenvalue weighted by Crippen LogP contribution is -2.66. The van der Waals surface area contributed by atoms with Gasteiger partial charge in [-0.2, -0.15) is 0 Å². The van der Waals surface area contributed by atoms with Crippen LogP contribution in [-0.4, -0.2) is 89.0 Å². The zero-order valence-corrected chi connectivity index (χ0v) is 19.7. The number of piperazine rings is 1. The number of amides is 2. The van der Waals surface area contributed by atoms with Crippen molar-refractivity contribution in [1.29, 1.82) is 0 Å². The summed E-state index contributed by atoms with van der Waals surface area (Å²) in [6.07, 6.45) is 2.66. The first-order valence-corrected chi connectivity index (χ1v) is 12.2. The Morgan fingerprint density at radius 3 is 2.36 bits per heavy atom. The van der Waals surface area contributed by atoms with Gasteiger partial charge < -0.3 is 10.2 Å². The number of hydrogen-bond donors (Lipinski definition) is 1. The molecule has 9 heteroatoms. The number of piperidine rings is 1. The number of pyridine rings is 1. The van der Waals surface area contributed by atoms with Crippen LogP contribution in [-0.2, 0) is 5.67 Å². The van der Waals surface area contributed by atoms with E-state index in [0.717, 1.165) is 26.2 Å². The van der Waals surface area contributed by atoms with E-state index in [-0.39, 0.29) is 38.4 Å². The van der Waals surface area contributed by atoms with Gasteiger partial charge in [-0.05, 0) is 38.8 Å². The minimum atomic E-state index is -2.96. The van der Waals surface area contributed by atoms with Gasteiger partial charge >= 0.3 is 6.03 Å². The molecule has 0 aromatic carbocycles. The number of aromatic nitrogens is 1. The number of hydrogen-bond acceptors (Lipinski definition) is 4. The van der Waals surface area contributed by atoms with Crippen molar-refractivity contribution >= 4 is 6.03 Å². The lowest BCUT2D eigenvalue weighted by atomic mass is 9.85. The molecule has 1 N–H and O–H groups in total. The predicted octanol–water partition coefficient (Wildman–Crippen LogP) is 3.63. The molecule has 1 aromatic heterocycles. The number of halogens is 3. The predicted molar refractivity (Wildman–Crippen MR) is 121 cm³/mol. The van der Waals surface area contributed by atoms with E-state index >= 15 is 13.2 Å². The van der Waals surface area contributed by atoms with Gasteiger partial charge in [0.1, 0.15) is 6.04 Å². The fraction of sp³-hybridized carbons (Fsp3) is 0.750. The van der Waals surface area contributed by atoms with Gasteiger partial charge in [0.2, 0.25) is 0 Å². The van der Waals surface area contributed by atoms with E-state index in [1.165, 1.54) is 4.90 Å². The third kappa shape index (κ3) is 5.29. The SMILES string of the molecule is CC(C)N1CCN([C@H]2CCCC(F)(F)C2NC(=O)N2CCC(F)(c3ccccn3)CC2)CC1. The van der Waals surface area contributed by atoms with Crippen LogP contribution in [0.5, 0.6) is 0 Å². The molecule has 3 fully saturated rings. The molecule has 0 bridgehead atoms. The van der Waals surface area contributed by atoms with Gasteiger partial charge in [-0.25, -0.2) is 18.0 Å². The number of alkyl halides is 3. The van der Waals surface area contributed by atoms with Crippen molar-refractivity contribution in [2.24, 2.45) is 0 Å². The Bertz CT molecular complexity index is 793. The zero-order valence-electron chi connectivity index (χ0n) is 19.7. The number of carbonyl (C=O) groups is 1. The Balaban J connectivity index is 1.39. The molecule has 3 aliphatic rings. The zero-order chi connectivity index (χ0) is 23.6. The van der Waals surface area contributed by atoms with Gasteiger partial charge in [-0.1, -0.05) is 6.07 Å². The maximum atomic E-state index is 15.4. The number of likely N-dealkylation sites (tertiary alicyclic amines) is 1. The monoisotopic (exact) mass is 467 g/mol. The maximum Gasteiger partial charge on any atom is 0.317 e. The number of nitrogens with zero attached hydrogens (tertiary/aromatic N) is 4. The summed E-state index contributed by atoms with van der Waals surface area (Å²) in [7, 11) is 0. The van der Waals surface area contributed by atoms with E-state index in [2.05, 4.69) is 33.9 Å². The van der Waals surface area contributed by atoms with Crippen LogP contribution in [0.1, 0.15) is 51.6 Å². The van der Waals surface area contributed by atoms with Gasteiger partial charge in [0.25, 0.3) is 5.92 Å². The number of nitrogens with one attached hydrogen (secondary N) is 1. The quantitative estimate of drug-likeness (QED) is 0.735. The third-order valence-corrected chi connectivity index (χ3v) is 7.64. The van der Waals surface area contributed by atoms with Gasteiger partial charge in [-0.15, -0.1) is 0 Å². The van der Waals surface area contributed by atoms with Crippen molar-refractivity contribution in [2.75, 3.05) is 39.3 Å². The summed E-state index contributed by atoms with van der Waals surface area (Å²) in [4.78, 5) is 23.1. The van der Waals surface area contributed by atoms with E-state index in [9.17, 15) is 4.79 Å². The highest BCUT2D eigenvalue weighted by molar-refractivity contribution is 5.75. The first kappa shape index (κ1) is 24.3. The number of rotatable bonds is 4. The van der Waals surface area contributed by atoms with Crippen molar-refractivity contribution in [1.82, 2.24) is 25.0 Å². The normalized spacial score (nSPS) is 28.6. The van der Waals surface area contributed by atoms with Gasteiger partial charge in [0, 0.05) is 76.8 Å². The molecule has 1 saturated carbocycles. The van der Waals surface area contributed by atoms with E-state index < -0.39 is 23.7 Å². The molecule has 1 aliphatic carbocycles. The first-order chi connectivity index (χ1) is 15.7. The molecule has 4 rings (SSSR count). The minimum Gasteiger partial charge on any atom is -0.328 e. The third-order valence-electron chi connectivity index (χ3n) is 7.64. The largest absolute Gasteiger partial charge is 0.328 e. The molecule has 6 nitrogen and oxygen atoms in total. The molecule has 184 valence electrons. The van der Waals surface area contributed by atoms with E-state index in [1.54, 1.807) is 24.4 Å². The van der Waals surface area contributed by atoms with Crippen molar-refractivity contribution in [3.63, 3.8) is 0 Å². The molecular weight excluding hydrogens is 431 g/mol. The van der Waals surface area contributed by atoms with Crippen LogP contribution in [0.2, 0.25) is 0 Å². The van der Waals surface area contributed by atoms with Crippen LogP contribution in [0.4, 0.5) is 18.0 Å². The highest BCUT2D eigenvalue weighted by Crippen LogP contribution is 2.38. The number of urea groups is 1. The molecule has 1 unspecified atom stereocenters. The summed E-state index contributed by atoms with van der Waals surface area (Å²) in [5.41, 5.74) is -1.23. The van der Waals surface area contributed by atoms with Crippen LogP contribution in [0.15, 0.2) is 24.4 Å². The van der Waals surface area contributed by atoms with Crippen LogP contribution < -0.4 is 5.32 Å². The minimum absolute atomic E-state index is 0.110. The summed E-state index contributed by atoms with van der Waals surface area (Å²) >= 11 is 0. The highest BCUT2D eigenvalue weighted by Gasteiger charge is 2.50. The lowest BCUT2D eigenvalue weighted by molar-refractivity contribution is -0.0975. The topological polar surface area (TPSA) is 51.7 Å². The lowest BCUT2D eigenvalue weighted by Gasteiger charge is -2.47. The summed E-state index contributed by atoms with van der Waals surface area (Å²) in [6.45, 7) is 7.78. The molecule has 2 amide bonds. The van der Waals surface area contributed by atoms with Gasteiger partial charge in [-0.3, -0.25) is 14.8 Å². The van der Waals surface area contributed by atoms with Crippen molar-refractivity contribution in [3.8, 4) is 0 Å². The van der Waals surface area contributed by atoms with Gasteiger partial charge in [0.05, 0.1) is 5.69 Å². The van der Waals surface area contributed by atoms with E-state index in [4.69, 9.17) is 0 Å². The van der Waals surface area contributed by atoms with Crippen molar-refractivity contribution < 1.29 is 18.0 Å². The molecule has 3 heterocycles. The second-order valence-corrected chi connectivity index (χ2v) is 9.98. The second kappa shape index (κ2) is 9.78. The summed E-state index contributed by atoms with van der Waals surface area (Å²) in [6, 6.07) is 3.44. The van der Waals surface area contributed by atoms with E-state index in [1.807, 2.05) is 0 Å². The molecule has 2 saturated heterocycles. The van der Waals surface area contributed by atoms with Crippen LogP contribution >= 0.6 is 0 Å². The van der Waals surface area contributed by atoms with Crippen LogP contribution in [0, 0.1) is 0 Å². The number of carbonyl (C=O) groups excluding carboxylic acids is 1. The first-order valence-electron chi connectivity index (χ1n) is 12.2. The summed E-state index contributed by atoms with van der Waals surface area (Å²) < 4.78 is 45.4. The Labute approximate surface area is 194 Å². The average molecular weight is 468 g/mol. The van der Waals surface area contributed by atoms with Crippen LogP contribution in [0.25, 0.3) is 0 Å². The molecule has 1 aromatic rings. The molecule has 0 spiro atoms. The maximum absolute atomic E-state index is 15.4. The highest BCUT2D eigenvalue weighted by atomic mass is 19.3. The standard InChI is InChI=1S/C24H36F3N5O/c1-18(2)30-14-16-31(17-15-30)19-6-5-8-24(26,27)21(19)29-22(33)32-12-9-23(25,10-13-32)20-7-3-4-11-28-20/h3-4,7,11,18-19,21H,5-6,8-10,12-17H2,1-2H3,(H,29,33)/t19-,21?/m0/s1. The molecule has 2 atom stereocenters. The average Bonchev–Trinajstić information content (AvgIpc) is 2.81. The van der Waals surface area contributed by atoms with E-state index in [0.29, 0.717) is 24.6 Å². The fourth-order valence-corrected chi connectivity index (χ4v) is 5.50. The fourth-order valence-electron chi connectivity index (χ4n) is 5.50. The Morgan fingerprint density at radius 2 is 1.76 bits per heavy atom. The summed E-state index contributed by atoms with van der Waals surface area (Å²) in [5.74, 6) is -2.96. The summed E-state index contributed by atoms with van der Waals surface area (Å²) in [5, 5.41) is 2.67. The molecule has 2 aliphatic heterocycles. The Hall–Kier alpha value is -1.87. The molecule has 0 radical (unpaired) electrons. The Kier molecular flexibility index (Phi) is 7.19. The smallest absolute Gasteiger partial charge is 0.317 e. The second-order valence-electron chi connectivity index (χ2n) is 9.98. The van der Waals surface area contributed by atoms with Crippen molar-refractivity contribution in [2.45, 2.75) is 75.7 Å².